The third-order valence-corrected chi connectivity index (χ3v) is 3.95. The Morgan fingerprint density at radius 2 is 2.17 bits per heavy atom. The van der Waals surface area contributed by atoms with Crippen molar-refractivity contribution in [2.45, 2.75) is 13.0 Å². The van der Waals surface area contributed by atoms with E-state index >= 15 is 0 Å². The van der Waals surface area contributed by atoms with Crippen LogP contribution in [0.1, 0.15) is 17.0 Å². The number of aromatic nitrogens is 2. The molecule has 0 amide bonds. The zero-order chi connectivity index (χ0) is 12.5. The lowest BCUT2D eigenvalue weighted by Crippen LogP contribution is -1.98. The number of nitrogens with zero attached hydrogens (tertiary/aromatic N) is 2. The summed E-state index contributed by atoms with van der Waals surface area (Å²) in [4.78, 5) is 4.71. The third kappa shape index (κ3) is 1.94. The lowest BCUT2D eigenvalue weighted by molar-refractivity contribution is 0.846. The highest BCUT2D eigenvalue weighted by atomic mass is 32.1. The summed E-state index contributed by atoms with van der Waals surface area (Å²) in [7, 11) is 2.07. The van der Waals surface area contributed by atoms with E-state index in [1.165, 1.54) is 5.56 Å². The number of rotatable bonds is 3. The van der Waals surface area contributed by atoms with Crippen LogP contribution in [0.25, 0.3) is 11.0 Å². The van der Waals surface area contributed by atoms with Crippen molar-refractivity contribution < 1.29 is 0 Å². The van der Waals surface area contributed by atoms with Crippen LogP contribution in [0.2, 0.25) is 0 Å². The fourth-order valence-electron chi connectivity index (χ4n) is 2.16. The lowest BCUT2D eigenvalue weighted by atomic mass is 10.2. The highest BCUT2D eigenvalue weighted by Gasteiger charge is 2.08. The molecule has 92 valence electrons. The van der Waals surface area contributed by atoms with Crippen LogP contribution in [0.5, 0.6) is 0 Å². The van der Waals surface area contributed by atoms with Crippen LogP contribution in [0.3, 0.4) is 0 Å². The molecule has 0 radical (unpaired) electrons. The highest BCUT2D eigenvalue weighted by molar-refractivity contribution is 7.07. The van der Waals surface area contributed by atoms with Crippen molar-refractivity contribution in [3.63, 3.8) is 0 Å². The second kappa shape index (κ2) is 4.55. The molecule has 0 unspecified atom stereocenters. The van der Waals surface area contributed by atoms with Crippen molar-refractivity contribution in [1.29, 1.82) is 0 Å². The summed E-state index contributed by atoms with van der Waals surface area (Å²) in [5.74, 6) is 1.09. The number of hydrogen-bond acceptors (Lipinski definition) is 3. The van der Waals surface area contributed by atoms with Crippen molar-refractivity contribution in [2.24, 2.45) is 12.8 Å². The molecule has 2 heterocycles. The molecule has 3 aromatic rings. The largest absolute Gasteiger partial charge is 0.331 e. The van der Waals surface area contributed by atoms with Gasteiger partial charge in [0.15, 0.2) is 0 Å². The maximum Gasteiger partial charge on any atom is 0.114 e. The Morgan fingerprint density at radius 1 is 1.28 bits per heavy atom. The van der Waals surface area contributed by atoms with Crippen LogP contribution in [0, 0.1) is 0 Å². The van der Waals surface area contributed by atoms with E-state index in [-0.39, 0.29) is 0 Å². The van der Waals surface area contributed by atoms with Gasteiger partial charge in [0.05, 0.1) is 11.0 Å². The van der Waals surface area contributed by atoms with E-state index in [4.69, 9.17) is 10.7 Å². The molecule has 1 aromatic carbocycles. The fraction of sp³-hybridized carbons (Fsp3) is 0.214. The van der Waals surface area contributed by atoms with Gasteiger partial charge in [-0.05, 0) is 40.1 Å². The van der Waals surface area contributed by atoms with E-state index in [0.29, 0.717) is 6.54 Å². The van der Waals surface area contributed by atoms with Crippen LogP contribution in [0.15, 0.2) is 35.0 Å². The first-order valence-corrected chi connectivity index (χ1v) is 6.87. The van der Waals surface area contributed by atoms with Gasteiger partial charge >= 0.3 is 0 Å². The van der Waals surface area contributed by atoms with E-state index in [1.807, 2.05) is 0 Å². The number of nitrogens with two attached hydrogens (primary N) is 1. The van der Waals surface area contributed by atoms with Crippen molar-refractivity contribution in [3.05, 3.63) is 52.0 Å². The van der Waals surface area contributed by atoms with E-state index in [2.05, 4.69) is 46.6 Å². The van der Waals surface area contributed by atoms with Crippen LogP contribution >= 0.6 is 11.3 Å². The van der Waals surface area contributed by atoms with Gasteiger partial charge in [-0.2, -0.15) is 11.3 Å². The first-order valence-electron chi connectivity index (χ1n) is 5.93. The Balaban J connectivity index is 2.05. The average Bonchev–Trinajstić information content (AvgIpc) is 2.99. The molecule has 0 aliphatic heterocycles. The molecule has 0 aliphatic rings. The smallest absolute Gasteiger partial charge is 0.114 e. The van der Waals surface area contributed by atoms with Gasteiger partial charge in [-0.15, -0.1) is 0 Å². The quantitative estimate of drug-likeness (QED) is 0.784. The number of thiophene rings is 1. The molecule has 0 saturated carbocycles. The predicted molar refractivity (Wildman–Crippen MR) is 75.7 cm³/mol. The summed E-state index contributed by atoms with van der Waals surface area (Å²) in [5, 5.41) is 4.27. The maximum atomic E-state index is 5.66. The topological polar surface area (TPSA) is 43.8 Å². The zero-order valence-electron chi connectivity index (χ0n) is 10.3. The first kappa shape index (κ1) is 11.4. The van der Waals surface area contributed by atoms with Crippen molar-refractivity contribution in [1.82, 2.24) is 9.55 Å². The van der Waals surface area contributed by atoms with Gasteiger partial charge < -0.3 is 10.3 Å². The van der Waals surface area contributed by atoms with Gasteiger partial charge in [0, 0.05) is 20.0 Å². The average molecular weight is 257 g/mol. The SMILES string of the molecule is Cn1c(Cc2ccsc2)nc2cc(CN)ccc21. The third-order valence-electron chi connectivity index (χ3n) is 3.22. The normalized spacial score (nSPS) is 11.2. The van der Waals surface area contributed by atoms with E-state index < -0.39 is 0 Å². The van der Waals surface area contributed by atoms with Gasteiger partial charge in [0.25, 0.3) is 0 Å². The number of fused-ring (bicyclic) bond motifs is 1. The Morgan fingerprint density at radius 3 is 2.89 bits per heavy atom. The summed E-state index contributed by atoms with van der Waals surface area (Å²) >= 11 is 1.72. The molecule has 0 aliphatic carbocycles. The number of hydrogen-bond donors (Lipinski definition) is 1. The summed E-state index contributed by atoms with van der Waals surface area (Å²) < 4.78 is 2.16. The number of imidazole rings is 1. The molecule has 3 rings (SSSR count). The molecule has 0 bridgehead atoms. The van der Waals surface area contributed by atoms with Gasteiger partial charge in [0.1, 0.15) is 5.82 Å². The lowest BCUT2D eigenvalue weighted by Gasteiger charge is -2.00. The first-order chi connectivity index (χ1) is 8.78. The molecular formula is C14H15N3S. The van der Waals surface area contributed by atoms with E-state index in [1.54, 1.807) is 11.3 Å². The highest BCUT2D eigenvalue weighted by Crippen LogP contribution is 2.19. The molecule has 3 nitrogen and oxygen atoms in total. The molecule has 2 N–H and O–H groups in total. The fourth-order valence-corrected chi connectivity index (χ4v) is 2.82. The molecule has 0 atom stereocenters. The van der Waals surface area contributed by atoms with E-state index in [9.17, 15) is 0 Å². The van der Waals surface area contributed by atoms with Gasteiger partial charge in [0.2, 0.25) is 0 Å². The van der Waals surface area contributed by atoms with Gasteiger partial charge in [-0.3, -0.25) is 0 Å². The molecule has 18 heavy (non-hydrogen) atoms. The summed E-state index contributed by atoms with van der Waals surface area (Å²) in [6, 6.07) is 8.39. The van der Waals surface area contributed by atoms with Gasteiger partial charge in [-0.1, -0.05) is 6.07 Å². The predicted octanol–water partition coefficient (Wildman–Crippen LogP) is 2.68. The van der Waals surface area contributed by atoms with Gasteiger partial charge in [-0.25, -0.2) is 4.98 Å². The Hall–Kier alpha value is -1.65. The molecular weight excluding hydrogens is 242 g/mol. The zero-order valence-corrected chi connectivity index (χ0v) is 11.1. The Labute approximate surface area is 110 Å². The number of benzene rings is 1. The van der Waals surface area contributed by atoms with E-state index in [0.717, 1.165) is 28.8 Å². The minimum atomic E-state index is 0.562. The van der Waals surface area contributed by atoms with Crippen molar-refractivity contribution in [2.75, 3.05) is 0 Å². The number of aryl methyl sites for hydroxylation is 1. The Bertz CT molecular complexity index is 668. The minimum absolute atomic E-state index is 0.562. The summed E-state index contributed by atoms with van der Waals surface area (Å²) in [6.07, 6.45) is 0.882. The van der Waals surface area contributed by atoms with Crippen LogP contribution < -0.4 is 5.73 Å². The molecule has 0 fully saturated rings. The summed E-state index contributed by atoms with van der Waals surface area (Å²) in [6.45, 7) is 0.562. The molecule has 4 heteroatoms. The minimum Gasteiger partial charge on any atom is -0.331 e. The monoisotopic (exact) mass is 257 g/mol. The molecule has 2 aromatic heterocycles. The molecule has 0 spiro atoms. The second-order valence-corrected chi connectivity index (χ2v) is 5.20. The standard InChI is InChI=1S/C14H15N3S/c1-17-13-3-2-10(8-15)6-12(13)16-14(17)7-11-4-5-18-9-11/h2-6,9H,7-8,15H2,1H3. The van der Waals surface area contributed by atoms with Crippen molar-refractivity contribution >= 4 is 22.4 Å². The van der Waals surface area contributed by atoms with Crippen LogP contribution in [0.4, 0.5) is 0 Å². The molecule has 0 saturated heterocycles. The second-order valence-electron chi connectivity index (χ2n) is 4.42. The maximum absolute atomic E-state index is 5.66. The Kier molecular flexibility index (Phi) is 2.89. The van der Waals surface area contributed by atoms with Crippen LogP contribution in [-0.4, -0.2) is 9.55 Å². The van der Waals surface area contributed by atoms with Crippen LogP contribution in [-0.2, 0) is 20.0 Å². The van der Waals surface area contributed by atoms with Crippen molar-refractivity contribution in [3.8, 4) is 0 Å². The summed E-state index contributed by atoms with van der Waals surface area (Å²) in [5.41, 5.74) is 10.3.